The van der Waals surface area contributed by atoms with Gasteiger partial charge in [0, 0.05) is 18.3 Å². The van der Waals surface area contributed by atoms with Gasteiger partial charge in [0.15, 0.2) is 0 Å². The third kappa shape index (κ3) is 5.55. The molecule has 0 aromatic heterocycles. The molecule has 0 radical (unpaired) electrons. The van der Waals surface area contributed by atoms with Gasteiger partial charge in [0.1, 0.15) is 18.6 Å². The number of fused-ring (bicyclic) bond motifs is 5. The molecule has 5 aliphatic rings. The van der Waals surface area contributed by atoms with Crippen LogP contribution in [0.25, 0.3) is 0 Å². The Morgan fingerprint density at radius 1 is 0.844 bits per heavy atom. The molecule has 4 saturated carbocycles. The minimum atomic E-state index is -0.898. The lowest BCUT2D eigenvalue weighted by Gasteiger charge is -2.70. The normalized spacial score (nSPS) is 45.5. The number of hydrogen-bond acceptors (Lipinski definition) is 8. The summed E-state index contributed by atoms with van der Waals surface area (Å²) in [6.45, 7) is 21.3. The molecule has 0 amide bonds. The first-order chi connectivity index (χ1) is 20.7. The van der Waals surface area contributed by atoms with Gasteiger partial charge in [-0.1, -0.05) is 34.6 Å². The lowest BCUT2D eigenvalue weighted by Crippen LogP contribution is -2.67. The molecule has 0 unspecified atom stereocenters. The van der Waals surface area contributed by atoms with Crippen molar-refractivity contribution in [1.82, 2.24) is 0 Å². The molecule has 0 aromatic rings. The third-order valence-corrected chi connectivity index (χ3v) is 14.4. The highest BCUT2D eigenvalue weighted by molar-refractivity contribution is 5.91. The first-order valence-corrected chi connectivity index (χ1v) is 17.7. The molecule has 1 aliphatic heterocycles. The van der Waals surface area contributed by atoms with Gasteiger partial charge in [-0.15, -0.1) is 0 Å². The smallest absolute Gasteiger partial charge is 0.317 e. The Morgan fingerprint density at radius 2 is 1.51 bits per heavy atom. The maximum absolute atomic E-state index is 12.8. The van der Waals surface area contributed by atoms with Crippen LogP contribution in [0.2, 0.25) is 0 Å². The molecule has 1 saturated heterocycles. The van der Waals surface area contributed by atoms with E-state index in [2.05, 4.69) is 41.5 Å². The Kier molecular flexibility index (Phi) is 8.85. The van der Waals surface area contributed by atoms with Crippen LogP contribution in [-0.2, 0) is 33.3 Å². The number of rotatable bonds is 7. The van der Waals surface area contributed by atoms with E-state index in [9.17, 15) is 19.5 Å². The van der Waals surface area contributed by atoms with E-state index in [0.29, 0.717) is 11.8 Å². The summed E-state index contributed by atoms with van der Waals surface area (Å²) in [5.41, 5.74) is -1.56. The monoisotopic (exact) mass is 632 g/mol. The minimum absolute atomic E-state index is 0.0230. The Bertz CT molecular complexity index is 1170. The topological polar surface area (TPSA) is 108 Å². The van der Waals surface area contributed by atoms with Crippen LogP contribution in [0.5, 0.6) is 0 Å². The number of esters is 3. The van der Waals surface area contributed by atoms with Crippen molar-refractivity contribution in [2.24, 2.45) is 45.3 Å². The van der Waals surface area contributed by atoms with Gasteiger partial charge in [-0.25, -0.2) is 0 Å². The van der Waals surface area contributed by atoms with Crippen molar-refractivity contribution < 1.29 is 38.4 Å². The molecule has 0 spiro atoms. The summed E-state index contributed by atoms with van der Waals surface area (Å²) in [6, 6.07) is 0. The quantitative estimate of drug-likeness (QED) is 0.186. The Morgan fingerprint density at radius 3 is 2.11 bits per heavy atom. The van der Waals surface area contributed by atoms with Crippen LogP contribution in [0.3, 0.4) is 0 Å². The van der Waals surface area contributed by atoms with Gasteiger partial charge >= 0.3 is 17.9 Å². The molecule has 256 valence electrons. The number of carbonyl (C=O) groups excluding carboxylic acids is 3. The summed E-state index contributed by atoms with van der Waals surface area (Å²) < 4.78 is 24.1. The van der Waals surface area contributed by atoms with E-state index < -0.39 is 17.5 Å². The first kappa shape index (κ1) is 34.7. The van der Waals surface area contributed by atoms with Crippen LogP contribution in [0.4, 0.5) is 0 Å². The van der Waals surface area contributed by atoms with Crippen molar-refractivity contribution in [2.45, 2.75) is 163 Å². The van der Waals surface area contributed by atoms with Crippen LogP contribution in [0, 0.1) is 45.3 Å². The second-order valence-corrected chi connectivity index (χ2v) is 17.5. The zero-order valence-electron chi connectivity index (χ0n) is 29.6. The highest BCUT2D eigenvalue weighted by Gasteiger charge is 2.72. The van der Waals surface area contributed by atoms with E-state index in [1.165, 1.54) is 6.92 Å². The van der Waals surface area contributed by atoms with Crippen molar-refractivity contribution in [2.75, 3.05) is 6.61 Å². The van der Waals surface area contributed by atoms with Gasteiger partial charge in [0.2, 0.25) is 0 Å². The predicted molar refractivity (Wildman–Crippen MR) is 170 cm³/mol. The fourth-order valence-corrected chi connectivity index (χ4v) is 12.1. The minimum Gasteiger partial charge on any atom is -0.466 e. The summed E-state index contributed by atoms with van der Waals surface area (Å²) >= 11 is 0. The Labute approximate surface area is 271 Å². The van der Waals surface area contributed by atoms with Crippen molar-refractivity contribution in [1.29, 1.82) is 0 Å². The van der Waals surface area contributed by atoms with Crippen molar-refractivity contribution in [3.05, 3.63) is 0 Å². The van der Waals surface area contributed by atoms with Crippen molar-refractivity contribution >= 4 is 17.9 Å². The molecule has 11 atom stereocenters. The number of ether oxygens (including phenoxy) is 4. The molecule has 8 nitrogen and oxygen atoms in total. The lowest BCUT2D eigenvalue weighted by molar-refractivity contribution is -0.254. The lowest BCUT2D eigenvalue weighted by atomic mass is 9.35. The Balaban J connectivity index is 1.44. The highest BCUT2D eigenvalue weighted by atomic mass is 16.6. The third-order valence-electron chi connectivity index (χ3n) is 14.4. The van der Waals surface area contributed by atoms with E-state index in [0.717, 1.165) is 57.8 Å². The molecule has 1 heterocycles. The summed E-state index contributed by atoms with van der Waals surface area (Å²) in [6.07, 6.45) is 7.41. The Hall–Kier alpha value is -1.67. The molecule has 0 aromatic carbocycles. The van der Waals surface area contributed by atoms with Crippen LogP contribution < -0.4 is 0 Å². The zero-order valence-corrected chi connectivity index (χ0v) is 29.6. The number of carbonyl (C=O) groups is 3. The van der Waals surface area contributed by atoms with Gasteiger partial charge < -0.3 is 24.1 Å². The van der Waals surface area contributed by atoms with Crippen LogP contribution in [0.15, 0.2) is 0 Å². The molecule has 8 heteroatoms. The van der Waals surface area contributed by atoms with Gasteiger partial charge in [-0.05, 0) is 119 Å². The maximum atomic E-state index is 12.8. The molecule has 4 aliphatic carbocycles. The largest absolute Gasteiger partial charge is 0.466 e. The molecular weight excluding hydrogens is 572 g/mol. The standard InChI is InChI=1S/C37H60O8/c1-11-42-29(39)21-30(40)44-27-14-16-34(7)25(32(27,3)4)13-18-35(8)26(34)20-24(43-22(2)38)31-23(12-17-36(31,35)9)37(10)19-15-28(45-37)33(5,6)41/h23-28,31,41H,11-21H2,1-10H3/t23-,24+,25-,26+,27+,28+,31-,34-,35+,36+,37-/m0/s1. The summed E-state index contributed by atoms with van der Waals surface area (Å²) in [4.78, 5) is 37.4. The van der Waals surface area contributed by atoms with E-state index in [4.69, 9.17) is 18.9 Å². The SMILES string of the molecule is CCOC(=O)CC(=O)O[C@@H]1CC[C@]2(C)[C@H]3C[C@@H](OC(C)=O)[C@@H]4[C@@H]([C@]5(C)CC[C@H](C(C)(C)O)O5)CC[C@@]4(C)[C@]3(C)CC[C@H]2C1(C)C. The zero-order chi connectivity index (χ0) is 33.4. The molecule has 45 heavy (non-hydrogen) atoms. The van der Waals surface area contributed by atoms with Crippen LogP contribution in [-0.4, -0.2) is 59.1 Å². The van der Waals surface area contributed by atoms with E-state index >= 15 is 0 Å². The molecule has 0 bridgehead atoms. The second-order valence-electron chi connectivity index (χ2n) is 17.5. The molecule has 1 N–H and O–H groups in total. The molecule has 5 fully saturated rings. The fraction of sp³-hybridized carbons (Fsp3) is 0.919. The molecule has 5 rings (SSSR count). The number of aliphatic hydroxyl groups is 1. The van der Waals surface area contributed by atoms with E-state index in [1.807, 2.05) is 13.8 Å². The average Bonchev–Trinajstić information content (AvgIpc) is 3.49. The van der Waals surface area contributed by atoms with Gasteiger partial charge in [-0.2, -0.15) is 0 Å². The second kappa shape index (κ2) is 11.5. The van der Waals surface area contributed by atoms with E-state index in [1.54, 1.807) is 6.92 Å². The van der Waals surface area contributed by atoms with E-state index in [-0.39, 0.29) is 76.4 Å². The van der Waals surface area contributed by atoms with Gasteiger partial charge in [0.25, 0.3) is 0 Å². The first-order valence-electron chi connectivity index (χ1n) is 17.7. The molecular formula is C37H60O8. The van der Waals surface area contributed by atoms with Gasteiger partial charge in [0.05, 0.1) is 23.9 Å². The van der Waals surface area contributed by atoms with Gasteiger partial charge in [-0.3, -0.25) is 14.4 Å². The summed E-state index contributed by atoms with van der Waals surface area (Å²) in [7, 11) is 0. The predicted octanol–water partition coefficient (Wildman–Crippen LogP) is 6.79. The fourth-order valence-electron chi connectivity index (χ4n) is 12.1. The van der Waals surface area contributed by atoms with Crippen LogP contribution in [0.1, 0.15) is 133 Å². The average molecular weight is 633 g/mol. The van der Waals surface area contributed by atoms with Crippen molar-refractivity contribution in [3.63, 3.8) is 0 Å². The summed E-state index contributed by atoms with van der Waals surface area (Å²) in [5.74, 6) is -0.197. The van der Waals surface area contributed by atoms with Crippen molar-refractivity contribution in [3.8, 4) is 0 Å². The highest BCUT2D eigenvalue weighted by Crippen LogP contribution is 2.76. The maximum Gasteiger partial charge on any atom is 0.317 e. The summed E-state index contributed by atoms with van der Waals surface area (Å²) in [5, 5.41) is 10.8. The number of hydrogen-bond donors (Lipinski definition) is 1. The van der Waals surface area contributed by atoms with Crippen LogP contribution >= 0.6 is 0 Å².